The van der Waals surface area contributed by atoms with Gasteiger partial charge in [-0.05, 0) is 55.3 Å². The third kappa shape index (κ3) is 5.18. The summed E-state index contributed by atoms with van der Waals surface area (Å²) in [4.78, 5) is 25.1. The van der Waals surface area contributed by atoms with E-state index in [4.69, 9.17) is 0 Å². The van der Waals surface area contributed by atoms with Gasteiger partial charge in [0, 0.05) is 30.5 Å². The van der Waals surface area contributed by atoms with Gasteiger partial charge < -0.3 is 15.6 Å². The molecule has 2 aromatic carbocycles. The van der Waals surface area contributed by atoms with Crippen molar-refractivity contribution in [2.75, 3.05) is 18.4 Å². The van der Waals surface area contributed by atoms with Crippen molar-refractivity contribution in [3.8, 4) is 0 Å². The highest BCUT2D eigenvalue weighted by Crippen LogP contribution is 2.25. The van der Waals surface area contributed by atoms with Crippen LogP contribution in [0.15, 0.2) is 71.8 Å². The van der Waals surface area contributed by atoms with E-state index in [-0.39, 0.29) is 22.9 Å². The van der Waals surface area contributed by atoms with Crippen LogP contribution in [0.5, 0.6) is 0 Å². The summed E-state index contributed by atoms with van der Waals surface area (Å²) in [7, 11) is -3.71. The molecule has 0 spiro atoms. The number of benzene rings is 2. The second kappa shape index (κ2) is 9.85. The number of fused-ring (bicyclic) bond motifs is 1. The number of pyridine rings is 1. The van der Waals surface area contributed by atoms with Gasteiger partial charge in [-0.3, -0.25) is 9.78 Å². The molecule has 0 atom stereocenters. The molecule has 1 aliphatic rings. The van der Waals surface area contributed by atoms with Gasteiger partial charge in [0.15, 0.2) is 0 Å². The first-order valence-corrected chi connectivity index (χ1v) is 12.9. The Morgan fingerprint density at radius 1 is 1.00 bits per heavy atom. The molecule has 0 aliphatic carbocycles. The number of carbonyl (C=O) groups is 1. The van der Waals surface area contributed by atoms with Crippen molar-refractivity contribution >= 4 is 32.7 Å². The van der Waals surface area contributed by atoms with Crippen molar-refractivity contribution in [3.05, 3.63) is 83.9 Å². The van der Waals surface area contributed by atoms with Gasteiger partial charge in [-0.2, -0.15) is 4.31 Å². The summed E-state index contributed by atoms with van der Waals surface area (Å²) in [6.45, 7) is 1.56. The molecular weight excluding hydrogens is 464 g/mol. The van der Waals surface area contributed by atoms with Crippen molar-refractivity contribution in [2.45, 2.75) is 30.8 Å². The van der Waals surface area contributed by atoms with Gasteiger partial charge >= 0.3 is 0 Å². The van der Waals surface area contributed by atoms with Gasteiger partial charge in [-0.25, -0.2) is 13.4 Å². The molecule has 35 heavy (non-hydrogen) atoms. The summed E-state index contributed by atoms with van der Waals surface area (Å²) in [5.41, 5.74) is 3.26. The zero-order chi connectivity index (χ0) is 24.3. The van der Waals surface area contributed by atoms with Crippen LogP contribution in [0.1, 0.15) is 34.7 Å². The summed E-state index contributed by atoms with van der Waals surface area (Å²) < 4.78 is 28.0. The lowest BCUT2D eigenvalue weighted by Gasteiger charge is -2.17. The molecule has 9 nitrogen and oxygen atoms in total. The maximum atomic E-state index is 13.3. The Labute approximate surface area is 203 Å². The molecule has 1 amide bonds. The van der Waals surface area contributed by atoms with E-state index in [1.807, 2.05) is 36.4 Å². The van der Waals surface area contributed by atoms with Gasteiger partial charge in [0.05, 0.1) is 34.7 Å². The molecule has 1 saturated heterocycles. The monoisotopic (exact) mass is 490 g/mol. The van der Waals surface area contributed by atoms with E-state index < -0.39 is 10.0 Å². The second-order valence-corrected chi connectivity index (χ2v) is 10.4. The van der Waals surface area contributed by atoms with Crippen LogP contribution in [0.25, 0.3) is 11.0 Å². The number of nitrogens with one attached hydrogen (secondary N) is 3. The van der Waals surface area contributed by atoms with Gasteiger partial charge in [0.25, 0.3) is 5.91 Å². The standard InChI is InChI=1S/C25H26N6O3S/c32-25(28-16-19-7-3-4-10-26-19)18-13-20(15-21(14-18)35(33,34)31-11-5-6-12-31)27-17-24-29-22-8-1-2-9-23(22)30-24/h1-4,7-10,13-15,27H,5-6,11-12,16-17H2,(H,28,32)(H,29,30). The fourth-order valence-corrected chi connectivity index (χ4v) is 5.70. The average molecular weight is 491 g/mol. The minimum absolute atomic E-state index is 0.0944. The Bertz CT molecular complexity index is 1410. The predicted octanol–water partition coefficient (Wildman–Crippen LogP) is 3.28. The minimum Gasteiger partial charge on any atom is -0.378 e. The highest BCUT2D eigenvalue weighted by molar-refractivity contribution is 7.89. The largest absolute Gasteiger partial charge is 0.378 e. The van der Waals surface area contributed by atoms with E-state index in [9.17, 15) is 13.2 Å². The Morgan fingerprint density at radius 3 is 2.57 bits per heavy atom. The molecule has 1 aliphatic heterocycles. The maximum Gasteiger partial charge on any atom is 0.251 e. The lowest BCUT2D eigenvalue weighted by Crippen LogP contribution is -2.29. The average Bonchev–Trinajstić information content (AvgIpc) is 3.57. The Balaban J connectivity index is 1.41. The molecule has 10 heteroatoms. The summed E-state index contributed by atoms with van der Waals surface area (Å²) in [6.07, 6.45) is 3.33. The van der Waals surface area contributed by atoms with Crippen molar-refractivity contribution in [1.82, 2.24) is 24.6 Å². The number of aromatic nitrogens is 3. The molecule has 1 fully saturated rings. The number of H-pyrrole nitrogens is 1. The molecule has 2 aromatic heterocycles. The van der Waals surface area contributed by atoms with E-state index in [2.05, 4.69) is 25.6 Å². The van der Waals surface area contributed by atoms with Gasteiger partial charge in [-0.1, -0.05) is 18.2 Å². The molecule has 0 unspecified atom stereocenters. The Kier molecular flexibility index (Phi) is 6.47. The molecular formula is C25H26N6O3S. The second-order valence-electron chi connectivity index (χ2n) is 8.42. The van der Waals surface area contributed by atoms with E-state index >= 15 is 0 Å². The van der Waals surface area contributed by atoms with Gasteiger partial charge in [0.2, 0.25) is 10.0 Å². The number of hydrogen-bond donors (Lipinski definition) is 3. The first kappa shape index (κ1) is 23.0. The molecule has 3 heterocycles. The number of carbonyl (C=O) groups excluding carboxylic acids is 1. The lowest BCUT2D eigenvalue weighted by molar-refractivity contribution is 0.0950. The highest BCUT2D eigenvalue weighted by atomic mass is 32.2. The van der Waals surface area contributed by atoms with Crippen LogP contribution in [-0.4, -0.2) is 46.7 Å². The number of amides is 1. The molecule has 0 saturated carbocycles. The highest BCUT2D eigenvalue weighted by Gasteiger charge is 2.28. The van der Waals surface area contributed by atoms with Crippen LogP contribution in [0.2, 0.25) is 0 Å². The third-order valence-corrected chi connectivity index (χ3v) is 7.80. The zero-order valence-electron chi connectivity index (χ0n) is 19.1. The van der Waals surface area contributed by atoms with Crippen molar-refractivity contribution in [2.24, 2.45) is 0 Å². The number of rotatable bonds is 8. The first-order valence-electron chi connectivity index (χ1n) is 11.5. The fourth-order valence-electron chi connectivity index (χ4n) is 4.11. The van der Waals surface area contributed by atoms with Crippen LogP contribution in [0.4, 0.5) is 5.69 Å². The normalized spacial score (nSPS) is 14.3. The minimum atomic E-state index is -3.71. The Morgan fingerprint density at radius 2 is 1.80 bits per heavy atom. The number of hydrogen-bond acceptors (Lipinski definition) is 6. The fraction of sp³-hybridized carbons (Fsp3) is 0.240. The first-order chi connectivity index (χ1) is 17.0. The quantitative estimate of drug-likeness (QED) is 0.349. The van der Waals surface area contributed by atoms with Crippen LogP contribution >= 0.6 is 0 Å². The van der Waals surface area contributed by atoms with E-state index in [0.29, 0.717) is 36.8 Å². The Hall–Kier alpha value is -3.76. The van der Waals surface area contributed by atoms with Gasteiger partial charge in [-0.15, -0.1) is 0 Å². The number of sulfonamides is 1. The van der Waals surface area contributed by atoms with Gasteiger partial charge in [0.1, 0.15) is 5.82 Å². The zero-order valence-corrected chi connectivity index (χ0v) is 19.9. The molecule has 5 rings (SSSR count). The maximum absolute atomic E-state index is 13.3. The summed E-state index contributed by atoms with van der Waals surface area (Å²) in [5, 5.41) is 6.05. The van der Waals surface area contributed by atoms with Crippen LogP contribution in [0, 0.1) is 0 Å². The molecule has 4 aromatic rings. The van der Waals surface area contributed by atoms with E-state index in [1.165, 1.54) is 10.4 Å². The lowest BCUT2D eigenvalue weighted by atomic mass is 10.2. The van der Waals surface area contributed by atoms with Crippen LogP contribution < -0.4 is 10.6 Å². The van der Waals surface area contributed by atoms with E-state index in [1.54, 1.807) is 24.4 Å². The van der Waals surface area contributed by atoms with Crippen molar-refractivity contribution in [3.63, 3.8) is 0 Å². The molecule has 180 valence electrons. The number of imidazole rings is 1. The number of para-hydroxylation sites is 2. The SMILES string of the molecule is O=C(NCc1ccccn1)c1cc(NCc2nc3ccccc3[nH]2)cc(S(=O)(=O)N2CCCC2)c1. The molecule has 0 radical (unpaired) electrons. The molecule has 0 bridgehead atoms. The predicted molar refractivity (Wildman–Crippen MR) is 133 cm³/mol. The number of anilines is 1. The van der Waals surface area contributed by atoms with Crippen LogP contribution in [-0.2, 0) is 23.1 Å². The topological polar surface area (TPSA) is 120 Å². The smallest absolute Gasteiger partial charge is 0.251 e. The number of aromatic amines is 1. The van der Waals surface area contributed by atoms with Crippen molar-refractivity contribution < 1.29 is 13.2 Å². The summed E-state index contributed by atoms with van der Waals surface area (Å²) in [5.74, 6) is 0.334. The molecule has 3 N–H and O–H groups in total. The summed E-state index contributed by atoms with van der Waals surface area (Å²) in [6, 6.07) is 17.8. The van der Waals surface area contributed by atoms with Crippen molar-refractivity contribution in [1.29, 1.82) is 0 Å². The number of nitrogens with zero attached hydrogens (tertiary/aromatic N) is 3. The summed E-state index contributed by atoms with van der Waals surface area (Å²) >= 11 is 0. The third-order valence-electron chi connectivity index (χ3n) is 5.93. The van der Waals surface area contributed by atoms with Crippen LogP contribution in [0.3, 0.4) is 0 Å². The van der Waals surface area contributed by atoms with E-state index in [0.717, 1.165) is 23.9 Å².